The van der Waals surface area contributed by atoms with Crippen molar-refractivity contribution in [2.45, 2.75) is 52.9 Å². The minimum Gasteiger partial charge on any atom is -0.350 e. The van der Waals surface area contributed by atoms with Crippen LogP contribution in [-0.4, -0.2) is 24.3 Å². The van der Waals surface area contributed by atoms with Crippen LogP contribution in [0.15, 0.2) is 0 Å². The van der Waals surface area contributed by atoms with Crippen molar-refractivity contribution in [2.75, 3.05) is 6.61 Å². The van der Waals surface area contributed by atoms with Crippen LogP contribution in [0, 0.1) is 5.41 Å². The monoisotopic (exact) mass is 200 g/mol. The Bertz CT molecular complexity index is 231. The van der Waals surface area contributed by atoms with Crippen molar-refractivity contribution in [3.8, 4) is 0 Å². The summed E-state index contributed by atoms with van der Waals surface area (Å²) in [6.45, 7) is 9.91. The van der Waals surface area contributed by atoms with E-state index in [2.05, 4.69) is 0 Å². The van der Waals surface area contributed by atoms with Gasteiger partial charge in [0.1, 0.15) is 5.78 Å². The molecule has 1 atom stereocenters. The Hall–Kier alpha value is -0.410. The van der Waals surface area contributed by atoms with Gasteiger partial charge in [0.2, 0.25) is 0 Å². The molecule has 1 aliphatic heterocycles. The molecule has 1 aliphatic rings. The normalized spacial score (nSPS) is 27.4. The highest BCUT2D eigenvalue weighted by Gasteiger charge is 2.41. The Morgan fingerprint density at radius 3 is 2.43 bits per heavy atom. The molecular formula is C11H20O3. The van der Waals surface area contributed by atoms with Gasteiger partial charge in [-0.1, -0.05) is 13.8 Å². The van der Waals surface area contributed by atoms with Crippen molar-refractivity contribution >= 4 is 5.78 Å². The number of rotatable bonds is 2. The number of Topliss-reactive ketones (excluding diaryl/α,β-unsaturated/α-hetero) is 1. The first-order chi connectivity index (χ1) is 6.26. The van der Waals surface area contributed by atoms with Gasteiger partial charge in [0.05, 0.1) is 12.7 Å². The quantitative estimate of drug-likeness (QED) is 0.685. The number of hydrogen-bond donors (Lipinski definition) is 0. The van der Waals surface area contributed by atoms with E-state index >= 15 is 0 Å². The van der Waals surface area contributed by atoms with Crippen molar-refractivity contribution in [3.05, 3.63) is 0 Å². The molecule has 3 heteroatoms. The predicted octanol–water partition coefficient (Wildman–Crippen LogP) is 2.14. The van der Waals surface area contributed by atoms with Gasteiger partial charge in [0.25, 0.3) is 0 Å². The van der Waals surface area contributed by atoms with Crippen molar-refractivity contribution in [3.63, 3.8) is 0 Å². The lowest BCUT2D eigenvalue weighted by molar-refractivity contribution is -0.288. The van der Waals surface area contributed by atoms with Crippen molar-refractivity contribution in [1.82, 2.24) is 0 Å². The van der Waals surface area contributed by atoms with E-state index in [0.717, 1.165) is 6.42 Å². The van der Waals surface area contributed by atoms with E-state index in [0.29, 0.717) is 6.61 Å². The zero-order valence-corrected chi connectivity index (χ0v) is 9.72. The highest BCUT2D eigenvalue weighted by molar-refractivity contribution is 5.82. The Balaban J connectivity index is 2.74. The molecule has 1 saturated heterocycles. The third kappa shape index (κ3) is 2.34. The molecule has 1 fully saturated rings. The zero-order valence-electron chi connectivity index (χ0n) is 9.72. The van der Waals surface area contributed by atoms with Crippen LogP contribution in [-0.2, 0) is 14.3 Å². The number of hydrogen-bond acceptors (Lipinski definition) is 3. The number of ether oxygens (including phenoxy) is 2. The summed E-state index contributed by atoms with van der Waals surface area (Å²) >= 11 is 0. The first-order valence-electron chi connectivity index (χ1n) is 5.08. The molecule has 14 heavy (non-hydrogen) atoms. The SMILES string of the molecule is CC(=O)C(C)(C)C1CCOC(C)(C)O1. The summed E-state index contributed by atoms with van der Waals surface area (Å²) in [5.74, 6) is -0.393. The fourth-order valence-corrected chi connectivity index (χ4v) is 1.58. The Morgan fingerprint density at radius 2 is 2.00 bits per heavy atom. The molecule has 0 aromatic carbocycles. The summed E-state index contributed by atoms with van der Waals surface area (Å²) in [5.41, 5.74) is -0.416. The van der Waals surface area contributed by atoms with Crippen LogP contribution in [0.1, 0.15) is 41.0 Å². The molecule has 0 saturated carbocycles. The molecule has 1 heterocycles. The summed E-state index contributed by atoms with van der Waals surface area (Å²) < 4.78 is 11.2. The van der Waals surface area contributed by atoms with Gasteiger partial charge in [0.15, 0.2) is 5.79 Å². The van der Waals surface area contributed by atoms with Crippen LogP contribution < -0.4 is 0 Å². The Kier molecular flexibility index (Phi) is 3.02. The van der Waals surface area contributed by atoms with E-state index < -0.39 is 11.2 Å². The average molecular weight is 200 g/mol. The lowest BCUT2D eigenvalue weighted by Gasteiger charge is -2.42. The van der Waals surface area contributed by atoms with Crippen LogP contribution in [0.25, 0.3) is 0 Å². The highest BCUT2D eigenvalue weighted by atomic mass is 16.7. The Labute approximate surface area is 85.8 Å². The first kappa shape index (κ1) is 11.7. The average Bonchev–Trinajstić information content (AvgIpc) is 2.02. The molecule has 0 amide bonds. The second-order valence-corrected chi connectivity index (χ2v) is 4.92. The third-order valence-corrected chi connectivity index (χ3v) is 2.97. The molecule has 0 aromatic rings. The van der Waals surface area contributed by atoms with Crippen LogP contribution in [0.3, 0.4) is 0 Å². The first-order valence-corrected chi connectivity index (χ1v) is 5.08. The summed E-state index contributed by atoms with van der Waals surface area (Å²) in [6.07, 6.45) is 0.750. The molecule has 82 valence electrons. The van der Waals surface area contributed by atoms with Crippen molar-refractivity contribution < 1.29 is 14.3 Å². The van der Waals surface area contributed by atoms with Gasteiger partial charge in [-0.3, -0.25) is 4.79 Å². The lowest BCUT2D eigenvalue weighted by Crippen LogP contribution is -2.48. The van der Waals surface area contributed by atoms with Crippen molar-refractivity contribution in [1.29, 1.82) is 0 Å². The minimum atomic E-state index is -0.560. The maximum atomic E-state index is 11.5. The van der Waals surface area contributed by atoms with Gasteiger partial charge >= 0.3 is 0 Å². The summed E-state index contributed by atoms with van der Waals surface area (Å²) in [5, 5.41) is 0. The van der Waals surface area contributed by atoms with E-state index in [1.807, 2.05) is 27.7 Å². The van der Waals surface area contributed by atoms with E-state index in [9.17, 15) is 4.79 Å². The van der Waals surface area contributed by atoms with E-state index in [1.165, 1.54) is 0 Å². The zero-order chi connectivity index (χ0) is 11.0. The van der Waals surface area contributed by atoms with Gasteiger partial charge in [-0.2, -0.15) is 0 Å². The molecule has 3 nitrogen and oxygen atoms in total. The molecule has 0 N–H and O–H groups in total. The van der Waals surface area contributed by atoms with Crippen LogP contribution in [0.4, 0.5) is 0 Å². The highest BCUT2D eigenvalue weighted by Crippen LogP contribution is 2.34. The minimum absolute atomic E-state index is 0.0382. The third-order valence-electron chi connectivity index (χ3n) is 2.97. The van der Waals surface area contributed by atoms with E-state index in [4.69, 9.17) is 9.47 Å². The summed E-state index contributed by atoms with van der Waals surface area (Å²) in [7, 11) is 0. The van der Waals surface area contributed by atoms with E-state index in [-0.39, 0.29) is 11.9 Å². The van der Waals surface area contributed by atoms with Crippen molar-refractivity contribution in [2.24, 2.45) is 5.41 Å². The molecular weight excluding hydrogens is 180 g/mol. The van der Waals surface area contributed by atoms with Gasteiger partial charge in [0, 0.05) is 5.41 Å². The number of carbonyl (C=O) groups excluding carboxylic acids is 1. The molecule has 0 spiro atoms. The molecule has 1 unspecified atom stereocenters. The largest absolute Gasteiger partial charge is 0.350 e. The number of carbonyl (C=O) groups is 1. The standard InChI is InChI=1S/C11H20O3/c1-8(12)10(2,3)9-6-7-13-11(4,5)14-9/h9H,6-7H2,1-5H3. The summed E-state index contributed by atoms with van der Waals surface area (Å²) in [6, 6.07) is 0. The molecule has 0 bridgehead atoms. The smallest absolute Gasteiger partial charge is 0.163 e. The second-order valence-electron chi connectivity index (χ2n) is 4.92. The van der Waals surface area contributed by atoms with Crippen LogP contribution >= 0.6 is 0 Å². The second kappa shape index (κ2) is 3.63. The van der Waals surface area contributed by atoms with Crippen LogP contribution in [0.2, 0.25) is 0 Å². The molecule has 1 rings (SSSR count). The lowest BCUT2D eigenvalue weighted by atomic mass is 9.80. The van der Waals surface area contributed by atoms with Gasteiger partial charge in [-0.15, -0.1) is 0 Å². The van der Waals surface area contributed by atoms with Crippen LogP contribution in [0.5, 0.6) is 0 Å². The predicted molar refractivity (Wildman–Crippen MR) is 54.0 cm³/mol. The molecule has 0 radical (unpaired) electrons. The molecule has 0 aliphatic carbocycles. The van der Waals surface area contributed by atoms with Gasteiger partial charge in [-0.05, 0) is 27.2 Å². The van der Waals surface area contributed by atoms with Gasteiger partial charge < -0.3 is 9.47 Å². The van der Waals surface area contributed by atoms with Gasteiger partial charge in [-0.25, -0.2) is 0 Å². The maximum absolute atomic E-state index is 11.5. The fourth-order valence-electron chi connectivity index (χ4n) is 1.58. The fraction of sp³-hybridized carbons (Fsp3) is 0.909. The Morgan fingerprint density at radius 1 is 1.43 bits per heavy atom. The topological polar surface area (TPSA) is 35.5 Å². The number of ketones is 1. The van der Waals surface area contributed by atoms with E-state index in [1.54, 1.807) is 6.92 Å². The molecule has 0 aromatic heterocycles. The summed E-state index contributed by atoms with van der Waals surface area (Å²) in [4.78, 5) is 11.5. The maximum Gasteiger partial charge on any atom is 0.163 e.